The van der Waals surface area contributed by atoms with Gasteiger partial charge in [0.25, 0.3) is 0 Å². The van der Waals surface area contributed by atoms with Crippen LogP contribution < -0.4 is 10.6 Å². The minimum atomic E-state index is -4.83. The van der Waals surface area contributed by atoms with Crippen LogP contribution in [0.25, 0.3) is 0 Å². The smallest absolute Gasteiger partial charge is 0.377 e. The molecule has 2 amide bonds. The van der Waals surface area contributed by atoms with Gasteiger partial charge in [0.05, 0.1) is 267 Å². The first-order valence-corrected chi connectivity index (χ1v) is 52.5. The normalized spacial score (nSPS) is 22.9. The van der Waals surface area contributed by atoms with Gasteiger partial charge in [0.15, 0.2) is 0 Å². The molecule has 5 aliphatic heterocycles. The molecule has 3 aromatic rings. The molecular weight excluding hydrogens is 1880 g/mol. The Hall–Kier alpha value is -4.23. The van der Waals surface area contributed by atoms with Crippen molar-refractivity contribution in [2.75, 3.05) is 192 Å². The summed E-state index contributed by atoms with van der Waals surface area (Å²) in [5.41, 5.74) is -2.45. The number of ether oxygens (including phenoxy) is 17. The molecule has 8 heterocycles. The molecule has 798 valence electrons. The number of hydrogen-bond donors (Lipinski definition) is 8. The number of carbonyl (C=O) groups excluding carboxylic acids is 2. The molecule has 9 atom stereocenters. The van der Waals surface area contributed by atoms with E-state index in [1.807, 2.05) is 83.1 Å². The van der Waals surface area contributed by atoms with E-state index < -0.39 is 124 Å². The Bertz CT molecular complexity index is 3770. The van der Waals surface area contributed by atoms with E-state index in [1.165, 1.54) is 15.2 Å². The van der Waals surface area contributed by atoms with E-state index in [1.54, 1.807) is 46.5 Å². The molecule has 138 heavy (non-hydrogen) atoms. The third-order valence-electron chi connectivity index (χ3n) is 23.8. The van der Waals surface area contributed by atoms with Crippen LogP contribution in [0.3, 0.4) is 0 Å². The Morgan fingerprint density at radius 2 is 0.710 bits per heavy atom. The minimum absolute atomic E-state index is 0.0107. The number of rotatable bonds is 74. The second kappa shape index (κ2) is 58.9. The molecule has 5 saturated heterocycles. The number of hydroxylamine groups is 6. The quantitative estimate of drug-likeness (QED) is 0.0203. The predicted molar refractivity (Wildman–Crippen MR) is 492 cm³/mol. The second-order valence-electron chi connectivity index (χ2n) is 39.3. The van der Waals surface area contributed by atoms with Crippen LogP contribution in [0.1, 0.15) is 204 Å². The number of carbonyl (C=O) groups is 2. The average Bonchev–Trinajstić information content (AvgIpc) is 1.74. The first-order chi connectivity index (χ1) is 65.4. The Labute approximate surface area is 811 Å². The molecule has 0 saturated carbocycles. The number of unbranched alkanes of at least 4 members (excludes halogenated alkanes) is 3. The van der Waals surface area contributed by atoms with Crippen LogP contribution in [0.4, 0.5) is 0 Å². The molecule has 48 nitrogen and oxygen atoms in total. The lowest BCUT2D eigenvalue weighted by atomic mass is 9.80. The van der Waals surface area contributed by atoms with Crippen molar-refractivity contribution in [3.8, 4) is 0 Å². The summed E-state index contributed by atoms with van der Waals surface area (Å²) in [6.07, 6.45) is 6.12. The molecule has 5 aliphatic rings. The third kappa shape index (κ3) is 44.2. The first-order valence-electron chi connectivity index (χ1n) is 48.0. The standard InChI is InChI=1S/C87H161N14O34P3/c1-67-48-75(134-136(107,108)113-15)78(133-67)63-131-138(111,112)135-76-49-68(2)132-77(76)62-130-137(109,110)129-26-19-17-16-18-22-88-79(102)20-21-80(103)89-87(64-123-59-69-56-96(93-90-69)23-27-114-30-33-117-36-39-120-42-45-126-72-50-81(3,4)99(104)82(5,6)51-72,65-124-60-70-57-97(94-91-70)24-28-115-31-34-118-37-40-121-43-46-127-73-52-83(7,8)100(105)84(9,10)53-73)66-125-61-71-58-98(95-92-71)25-29-116-32-35-119-38-41-122-44-47-128-74-54-85(11,12)101(106)86(13,14)55-74/h56-58,67-68,72-78,104-106H,16-55,59-66H2,1-15H3,(H,88,102)(H,89,103)(H,107,108)(H,109,110)(H,111,112)/t67-,68-,75?,76?,77+,78+/m0/s1. The van der Waals surface area contributed by atoms with Crippen LogP contribution in [-0.2, 0) is 170 Å². The van der Waals surface area contributed by atoms with E-state index in [9.17, 15) is 53.6 Å². The Balaban J connectivity index is 0.798. The largest absolute Gasteiger partial charge is 0.472 e. The number of hydrogen-bond acceptors (Lipinski definition) is 40. The number of piperidine rings is 3. The molecule has 8 rings (SSSR count). The van der Waals surface area contributed by atoms with E-state index in [-0.39, 0.29) is 96.8 Å². The summed E-state index contributed by atoms with van der Waals surface area (Å²) >= 11 is 0. The molecule has 0 bridgehead atoms. The highest BCUT2D eigenvalue weighted by Gasteiger charge is 2.50. The number of nitrogens with zero attached hydrogens (tertiary/aromatic N) is 12. The van der Waals surface area contributed by atoms with Crippen molar-refractivity contribution in [2.24, 2.45) is 0 Å². The average molecular weight is 2040 g/mol. The van der Waals surface area contributed by atoms with Gasteiger partial charge in [-0.05, 0) is 148 Å². The van der Waals surface area contributed by atoms with E-state index in [2.05, 4.69) is 46.1 Å². The van der Waals surface area contributed by atoms with Gasteiger partial charge in [0.1, 0.15) is 47.0 Å². The van der Waals surface area contributed by atoms with Crippen molar-refractivity contribution in [3.05, 3.63) is 35.7 Å². The predicted octanol–water partition coefficient (Wildman–Crippen LogP) is 7.28. The van der Waals surface area contributed by atoms with Crippen molar-refractivity contribution in [2.45, 2.75) is 320 Å². The molecule has 3 aromatic heterocycles. The van der Waals surface area contributed by atoms with Crippen molar-refractivity contribution < 1.29 is 161 Å². The topological polar surface area (TPSA) is 545 Å². The fourth-order valence-corrected chi connectivity index (χ4v) is 19.8. The van der Waals surface area contributed by atoms with Gasteiger partial charge >= 0.3 is 23.5 Å². The zero-order valence-electron chi connectivity index (χ0n) is 83.7. The summed E-state index contributed by atoms with van der Waals surface area (Å²) in [6, 6.07) is 0. The van der Waals surface area contributed by atoms with Crippen molar-refractivity contribution in [1.29, 1.82) is 0 Å². The van der Waals surface area contributed by atoms with Gasteiger partial charge in [-0.25, -0.2) is 27.7 Å². The summed E-state index contributed by atoms with van der Waals surface area (Å²) < 4.78 is 175. The van der Waals surface area contributed by atoms with Crippen LogP contribution in [0.5, 0.6) is 0 Å². The highest BCUT2D eigenvalue weighted by atomic mass is 31.2. The summed E-state index contributed by atoms with van der Waals surface area (Å²) in [5.74, 6) is -0.924. The molecule has 5 fully saturated rings. The molecule has 5 unspecified atom stereocenters. The fraction of sp³-hybridized carbons (Fsp3) is 0.908. The highest BCUT2D eigenvalue weighted by Crippen LogP contribution is 2.52. The Kier molecular flexibility index (Phi) is 50.8. The number of phosphoric ester groups is 3. The Morgan fingerprint density at radius 1 is 0.406 bits per heavy atom. The molecule has 0 spiro atoms. The van der Waals surface area contributed by atoms with Gasteiger partial charge in [-0.3, -0.25) is 36.7 Å². The number of nitrogens with one attached hydrogen (secondary N) is 2. The van der Waals surface area contributed by atoms with Gasteiger partial charge in [-0.2, -0.15) is 15.2 Å². The molecular formula is C87H161N14O34P3. The fourth-order valence-electron chi connectivity index (χ4n) is 17.4. The summed E-state index contributed by atoms with van der Waals surface area (Å²) in [6.45, 7) is 34.6. The van der Waals surface area contributed by atoms with Crippen LogP contribution >= 0.6 is 23.5 Å². The number of phosphoric acid groups is 3. The molecule has 0 aromatic carbocycles. The summed E-state index contributed by atoms with van der Waals surface area (Å²) in [4.78, 5) is 58.8. The Morgan fingerprint density at radius 3 is 1.05 bits per heavy atom. The van der Waals surface area contributed by atoms with Crippen molar-refractivity contribution in [1.82, 2.24) is 70.8 Å². The molecule has 0 aliphatic carbocycles. The zero-order valence-corrected chi connectivity index (χ0v) is 86.4. The maximum absolute atomic E-state index is 14.4. The minimum Gasteiger partial charge on any atom is -0.377 e. The van der Waals surface area contributed by atoms with Crippen molar-refractivity contribution >= 4 is 35.3 Å². The zero-order chi connectivity index (χ0) is 101. The van der Waals surface area contributed by atoms with E-state index in [0.29, 0.717) is 240 Å². The SMILES string of the molecule is COP(=O)(O)OC1C[C@H](C)O[C@@H]1COP(=O)(O)OC1C[C@H](C)O[C@@H]1COP(=O)(O)OCCCCCCNC(=O)CCC(=O)NC(COCc1cn(CCOCCOCCOCCOC2CC(C)(C)N(O)C(C)(C)C2)nn1)(COCc1cn(CCOCCOCCOCCOC2CC(C)(C)N(O)C(C)(C)C2)nn1)COCc1cn(CCOCCOCCOCCOC2CC(C)(C)N(O)C(C)(C)C2)nn1. The molecule has 51 heteroatoms. The van der Waals surface area contributed by atoms with E-state index in [0.717, 1.165) is 7.11 Å². The van der Waals surface area contributed by atoms with E-state index in [4.69, 9.17) is 103 Å². The molecule has 0 radical (unpaired) electrons. The lowest BCUT2D eigenvalue weighted by Crippen LogP contribution is -2.60. The summed E-state index contributed by atoms with van der Waals surface area (Å²) in [7, 11) is -12.9. The molecule has 8 N–H and O–H groups in total. The van der Waals surface area contributed by atoms with Crippen LogP contribution in [0, 0.1) is 0 Å². The van der Waals surface area contributed by atoms with Gasteiger partial charge in [0, 0.05) is 72.6 Å². The second-order valence-corrected chi connectivity index (χ2v) is 43.6. The third-order valence-corrected chi connectivity index (χ3v) is 26.8. The maximum atomic E-state index is 14.4. The number of aromatic nitrogens is 9. The lowest BCUT2D eigenvalue weighted by molar-refractivity contribution is -0.261. The van der Waals surface area contributed by atoms with Crippen LogP contribution in [-0.4, -0.2) is 388 Å². The maximum Gasteiger partial charge on any atom is 0.472 e. The monoisotopic (exact) mass is 2040 g/mol. The van der Waals surface area contributed by atoms with Crippen LogP contribution in [0.15, 0.2) is 18.6 Å². The van der Waals surface area contributed by atoms with Crippen molar-refractivity contribution in [3.63, 3.8) is 0 Å². The van der Waals surface area contributed by atoms with Crippen LogP contribution in [0.2, 0.25) is 0 Å². The lowest BCUT2D eigenvalue weighted by Gasteiger charge is -2.51. The van der Waals surface area contributed by atoms with Gasteiger partial charge in [-0.15, -0.1) is 15.3 Å². The summed E-state index contributed by atoms with van der Waals surface area (Å²) in [5, 5.41) is 68.0. The first kappa shape index (κ1) is 119. The van der Waals surface area contributed by atoms with Gasteiger partial charge in [-0.1, -0.05) is 28.5 Å². The van der Waals surface area contributed by atoms with E-state index >= 15 is 0 Å². The van der Waals surface area contributed by atoms with Gasteiger partial charge in [0.2, 0.25) is 11.8 Å². The highest BCUT2D eigenvalue weighted by molar-refractivity contribution is 7.48. The number of amides is 2. The van der Waals surface area contributed by atoms with Gasteiger partial charge < -0.3 is 121 Å².